The highest BCUT2D eigenvalue weighted by atomic mass is 16.5. The Kier molecular flexibility index (Phi) is 6.23. The Morgan fingerprint density at radius 3 is 3.00 bits per heavy atom. The predicted molar refractivity (Wildman–Crippen MR) is 70.0 cm³/mol. The molecule has 0 fully saturated rings. The summed E-state index contributed by atoms with van der Waals surface area (Å²) in [5, 5.41) is 11.5. The number of nitrogens with zero attached hydrogens (tertiary/aromatic N) is 1. The third-order valence-corrected chi connectivity index (χ3v) is 2.25. The molecule has 0 saturated carbocycles. The van der Waals surface area contributed by atoms with Gasteiger partial charge in [0.15, 0.2) is 0 Å². The molecule has 1 N–H and O–H groups in total. The number of unbranched alkanes of at least 4 members (excludes halogenated alkanes) is 1. The standard InChI is InChI=1S/C14H16N2O2/c1-2-3-6-9-18-11-14(17)16-13-8-5-4-7-12(13)10-15/h2,4-5,7-8H,1,3,6,9,11H2,(H,16,17). The van der Waals surface area contributed by atoms with E-state index < -0.39 is 0 Å². The van der Waals surface area contributed by atoms with E-state index in [0.29, 0.717) is 17.9 Å². The number of hydrogen-bond acceptors (Lipinski definition) is 3. The molecule has 1 amide bonds. The Bertz CT molecular complexity index is 449. The van der Waals surface area contributed by atoms with E-state index in [0.717, 1.165) is 12.8 Å². The molecule has 0 radical (unpaired) electrons. The Balaban J connectivity index is 2.36. The number of rotatable bonds is 7. The van der Waals surface area contributed by atoms with Crippen LogP contribution in [-0.4, -0.2) is 19.1 Å². The van der Waals surface area contributed by atoms with E-state index in [2.05, 4.69) is 11.9 Å². The second-order valence-electron chi connectivity index (χ2n) is 3.69. The number of carbonyl (C=O) groups is 1. The molecule has 4 nitrogen and oxygen atoms in total. The van der Waals surface area contributed by atoms with Gasteiger partial charge in [-0.1, -0.05) is 18.2 Å². The van der Waals surface area contributed by atoms with Crippen molar-refractivity contribution < 1.29 is 9.53 Å². The number of allylic oxidation sites excluding steroid dienone is 1. The van der Waals surface area contributed by atoms with Crippen molar-refractivity contribution in [2.45, 2.75) is 12.8 Å². The maximum atomic E-state index is 11.5. The number of nitriles is 1. The van der Waals surface area contributed by atoms with Crippen LogP contribution < -0.4 is 5.32 Å². The number of amides is 1. The van der Waals surface area contributed by atoms with E-state index in [1.165, 1.54) is 0 Å². The molecule has 0 aromatic heterocycles. The number of para-hydroxylation sites is 1. The van der Waals surface area contributed by atoms with Crippen LogP contribution in [-0.2, 0) is 9.53 Å². The number of anilines is 1. The van der Waals surface area contributed by atoms with Crippen molar-refractivity contribution >= 4 is 11.6 Å². The smallest absolute Gasteiger partial charge is 0.250 e. The van der Waals surface area contributed by atoms with E-state index >= 15 is 0 Å². The summed E-state index contributed by atoms with van der Waals surface area (Å²) in [4.78, 5) is 11.5. The zero-order chi connectivity index (χ0) is 13.2. The van der Waals surface area contributed by atoms with Gasteiger partial charge in [0.05, 0.1) is 11.3 Å². The van der Waals surface area contributed by atoms with E-state index in [4.69, 9.17) is 10.00 Å². The topological polar surface area (TPSA) is 62.1 Å². The molecule has 0 unspecified atom stereocenters. The molecule has 0 atom stereocenters. The van der Waals surface area contributed by atoms with Gasteiger partial charge < -0.3 is 10.1 Å². The second kappa shape index (κ2) is 8.04. The number of ether oxygens (including phenoxy) is 1. The molecular formula is C14H16N2O2. The average molecular weight is 244 g/mol. The first kappa shape index (κ1) is 13.9. The summed E-state index contributed by atoms with van der Waals surface area (Å²) in [6.45, 7) is 4.13. The Hall–Kier alpha value is -2.12. The normalized spacial score (nSPS) is 9.50. The van der Waals surface area contributed by atoms with E-state index in [1.54, 1.807) is 24.3 Å². The molecule has 1 aromatic rings. The number of hydrogen-bond donors (Lipinski definition) is 1. The summed E-state index contributed by atoms with van der Waals surface area (Å²) >= 11 is 0. The van der Waals surface area contributed by atoms with Crippen molar-refractivity contribution in [3.05, 3.63) is 42.5 Å². The molecule has 94 valence electrons. The first-order valence-electron chi connectivity index (χ1n) is 5.75. The van der Waals surface area contributed by atoms with Crippen molar-refractivity contribution in [1.29, 1.82) is 5.26 Å². The maximum Gasteiger partial charge on any atom is 0.250 e. The lowest BCUT2D eigenvalue weighted by molar-refractivity contribution is -0.120. The van der Waals surface area contributed by atoms with Gasteiger partial charge in [-0.15, -0.1) is 6.58 Å². The molecule has 0 heterocycles. The molecule has 0 aliphatic carbocycles. The fraction of sp³-hybridized carbons (Fsp3) is 0.286. The van der Waals surface area contributed by atoms with Gasteiger partial charge in [0.1, 0.15) is 12.7 Å². The summed E-state index contributed by atoms with van der Waals surface area (Å²) in [5.41, 5.74) is 0.956. The SMILES string of the molecule is C=CCCCOCC(=O)Nc1ccccc1C#N. The van der Waals surface area contributed by atoms with Crippen LogP contribution in [0.15, 0.2) is 36.9 Å². The summed E-state index contributed by atoms with van der Waals surface area (Å²) in [5.74, 6) is -0.253. The molecule has 0 saturated heterocycles. The van der Waals surface area contributed by atoms with Crippen molar-refractivity contribution in [3.8, 4) is 6.07 Å². The van der Waals surface area contributed by atoms with Crippen LogP contribution in [0.3, 0.4) is 0 Å². The third-order valence-electron chi connectivity index (χ3n) is 2.25. The van der Waals surface area contributed by atoms with Crippen LogP contribution in [0.2, 0.25) is 0 Å². The lowest BCUT2D eigenvalue weighted by Gasteiger charge is -2.07. The first-order valence-corrected chi connectivity index (χ1v) is 5.75. The molecule has 4 heteroatoms. The van der Waals surface area contributed by atoms with Gasteiger partial charge in [-0.3, -0.25) is 4.79 Å². The third kappa shape index (κ3) is 4.81. The van der Waals surface area contributed by atoms with Crippen LogP contribution in [0.5, 0.6) is 0 Å². The highest BCUT2D eigenvalue weighted by Gasteiger charge is 2.05. The molecule has 0 bridgehead atoms. The number of benzene rings is 1. The fourth-order valence-electron chi connectivity index (χ4n) is 1.37. The molecular weight excluding hydrogens is 228 g/mol. The highest BCUT2D eigenvalue weighted by molar-refractivity contribution is 5.92. The van der Waals surface area contributed by atoms with E-state index in [1.807, 2.05) is 12.1 Å². The van der Waals surface area contributed by atoms with Gasteiger partial charge >= 0.3 is 0 Å². The van der Waals surface area contributed by atoms with Crippen LogP contribution in [0, 0.1) is 11.3 Å². The van der Waals surface area contributed by atoms with Crippen molar-refractivity contribution in [2.24, 2.45) is 0 Å². The summed E-state index contributed by atoms with van der Waals surface area (Å²) in [6, 6.07) is 8.88. The molecule has 18 heavy (non-hydrogen) atoms. The minimum Gasteiger partial charge on any atom is -0.372 e. The minimum absolute atomic E-state index is 0.00307. The lowest BCUT2D eigenvalue weighted by Crippen LogP contribution is -2.19. The largest absolute Gasteiger partial charge is 0.372 e. The van der Waals surface area contributed by atoms with Crippen molar-refractivity contribution in [1.82, 2.24) is 0 Å². The molecule has 0 spiro atoms. The van der Waals surface area contributed by atoms with Gasteiger partial charge in [0.2, 0.25) is 5.91 Å². The monoisotopic (exact) mass is 244 g/mol. The molecule has 1 rings (SSSR count). The molecule has 0 aliphatic rings. The Morgan fingerprint density at radius 2 is 2.28 bits per heavy atom. The summed E-state index contributed by atoms with van der Waals surface area (Å²) < 4.78 is 5.20. The van der Waals surface area contributed by atoms with E-state index in [9.17, 15) is 4.79 Å². The number of nitrogens with one attached hydrogen (secondary N) is 1. The van der Waals surface area contributed by atoms with E-state index in [-0.39, 0.29) is 12.5 Å². The van der Waals surface area contributed by atoms with Crippen LogP contribution in [0.1, 0.15) is 18.4 Å². The minimum atomic E-state index is -0.253. The van der Waals surface area contributed by atoms with Crippen LogP contribution in [0.4, 0.5) is 5.69 Å². The molecule has 1 aromatic carbocycles. The highest BCUT2D eigenvalue weighted by Crippen LogP contribution is 2.13. The van der Waals surface area contributed by atoms with Gasteiger partial charge in [-0.05, 0) is 25.0 Å². The Labute approximate surface area is 107 Å². The lowest BCUT2D eigenvalue weighted by atomic mass is 10.2. The summed E-state index contributed by atoms with van der Waals surface area (Å²) in [6.07, 6.45) is 3.54. The van der Waals surface area contributed by atoms with Crippen molar-refractivity contribution in [3.63, 3.8) is 0 Å². The maximum absolute atomic E-state index is 11.5. The quantitative estimate of drug-likeness (QED) is 0.592. The van der Waals surface area contributed by atoms with Crippen LogP contribution in [0.25, 0.3) is 0 Å². The first-order chi connectivity index (χ1) is 8.77. The van der Waals surface area contributed by atoms with Gasteiger partial charge in [0, 0.05) is 6.61 Å². The molecule has 0 aliphatic heterocycles. The zero-order valence-electron chi connectivity index (χ0n) is 10.2. The van der Waals surface area contributed by atoms with Crippen LogP contribution >= 0.6 is 0 Å². The predicted octanol–water partition coefficient (Wildman–Crippen LogP) is 2.48. The van der Waals surface area contributed by atoms with Gasteiger partial charge in [-0.25, -0.2) is 0 Å². The zero-order valence-corrected chi connectivity index (χ0v) is 10.2. The van der Waals surface area contributed by atoms with Crippen molar-refractivity contribution in [2.75, 3.05) is 18.5 Å². The van der Waals surface area contributed by atoms with Gasteiger partial charge in [-0.2, -0.15) is 5.26 Å². The average Bonchev–Trinajstić information content (AvgIpc) is 2.39. The summed E-state index contributed by atoms with van der Waals surface area (Å²) in [7, 11) is 0. The number of carbonyl (C=O) groups excluding carboxylic acids is 1. The van der Waals surface area contributed by atoms with Gasteiger partial charge in [0.25, 0.3) is 0 Å². The fourth-order valence-corrected chi connectivity index (χ4v) is 1.37. The second-order valence-corrected chi connectivity index (χ2v) is 3.69. The Morgan fingerprint density at radius 1 is 1.50 bits per heavy atom.